The molecule has 0 aromatic heterocycles. The second-order valence-electron chi connectivity index (χ2n) is 6.16. The number of amides is 1. The van der Waals surface area contributed by atoms with Gasteiger partial charge in [-0.1, -0.05) is 23.7 Å². The molecular weight excluding hydrogens is 432 g/mol. The minimum absolute atomic E-state index is 0.0289. The number of benzene rings is 2. The molecule has 11 heteroatoms. The highest BCUT2D eigenvalue weighted by Crippen LogP contribution is 2.46. The van der Waals surface area contributed by atoms with Crippen molar-refractivity contribution in [3.8, 4) is 17.2 Å². The number of hydrogen-bond donors (Lipinski definition) is 0. The molecular formula is C20H21ClN2O8. The van der Waals surface area contributed by atoms with Gasteiger partial charge in [-0.3, -0.25) is 19.7 Å². The minimum atomic E-state index is -0.800. The van der Waals surface area contributed by atoms with Crippen molar-refractivity contribution in [1.29, 1.82) is 0 Å². The van der Waals surface area contributed by atoms with Crippen LogP contribution in [0.15, 0.2) is 30.3 Å². The van der Waals surface area contributed by atoms with Crippen LogP contribution in [0, 0.1) is 10.1 Å². The van der Waals surface area contributed by atoms with E-state index < -0.39 is 29.0 Å². The summed E-state index contributed by atoms with van der Waals surface area (Å²) in [7, 11) is 4.99. The number of ether oxygens (including phenoxy) is 4. The molecule has 0 aliphatic rings. The smallest absolute Gasteiger partial charge is 0.327 e. The normalized spacial score (nSPS) is 10.2. The van der Waals surface area contributed by atoms with E-state index in [-0.39, 0.29) is 29.4 Å². The van der Waals surface area contributed by atoms with E-state index in [0.29, 0.717) is 10.6 Å². The van der Waals surface area contributed by atoms with Crippen LogP contribution in [0.25, 0.3) is 0 Å². The molecule has 0 aliphatic carbocycles. The van der Waals surface area contributed by atoms with Gasteiger partial charge in [0.1, 0.15) is 12.1 Å². The maximum atomic E-state index is 13.4. The second kappa shape index (κ2) is 10.5. The number of carbonyl (C=O) groups is 2. The Morgan fingerprint density at radius 1 is 1.03 bits per heavy atom. The van der Waals surface area contributed by atoms with Gasteiger partial charge in [-0.2, -0.15) is 0 Å². The summed E-state index contributed by atoms with van der Waals surface area (Å²) in [6.07, 6.45) is 0. The van der Waals surface area contributed by atoms with E-state index in [9.17, 15) is 19.7 Å². The first kappa shape index (κ1) is 23.7. The lowest BCUT2D eigenvalue weighted by atomic mass is 10.1. The van der Waals surface area contributed by atoms with Crippen molar-refractivity contribution in [2.24, 2.45) is 0 Å². The zero-order valence-electron chi connectivity index (χ0n) is 17.3. The molecule has 0 aliphatic heterocycles. The lowest BCUT2D eigenvalue weighted by molar-refractivity contribution is -0.386. The maximum Gasteiger partial charge on any atom is 0.327 e. The molecule has 31 heavy (non-hydrogen) atoms. The van der Waals surface area contributed by atoms with Crippen LogP contribution < -0.4 is 14.2 Å². The molecule has 1 amide bonds. The molecule has 0 atom stereocenters. The number of esters is 1. The van der Waals surface area contributed by atoms with Crippen LogP contribution in [-0.2, 0) is 16.1 Å². The summed E-state index contributed by atoms with van der Waals surface area (Å²) in [4.78, 5) is 37.5. The molecule has 2 aromatic rings. The zero-order valence-corrected chi connectivity index (χ0v) is 18.1. The van der Waals surface area contributed by atoms with Crippen molar-refractivity contribution >= 4 is 29.2 Å². The summed E-state index contributed by atoms with van der Waals surface area (Å²) in [5, 5.41) is 12.3. The number of nitrogens with zero attached hydrogens (tertiary/aromatic N) is 2. The van der Waals surface area contributed by atoms with Gasteiger partial charge in [-0.25, -0.2) is 0 Å². The average Bonchev–Trinajstić information content (AvgIpc) is 2.77. The predicted molar refractivity (Wildman–Crippen MR) is 111 cm³/mol. The fourth-order valence-electron chi connectivity index (χ4n) is 2.89. The number of methoxy groups -OCH3 is 4. The molecule has 10 nitrogen and oxygen atoms in total. The Hall–Kier alpha value is -3.53. The highest BCUT2D eigenvalue weighted by molar-refractivity contribution is 6.30. The molecule has 0 saturated carbocycles. The highest BCUT2D eigenvalue weighted by Gasteiger charge is 2.35. The Morgan fingerprint density at radius 2 is 1.65 bits per heavy atom. The first-order valence-corrected chi connectivity index (χ1v) is 9.23. The van der Waals surface area contributed by atoms with Gasteiger partial charge in [0.2, 0.25) is 11.5 Å². The topological polar surface area (TPSA) is 117 Å². The van der Waals surface area contributed by atoms with Gasteiger partial charge in [0.05, 0.1) is 33.4 Å². The molecule has 0 unspecified atom stereocenters. The van der Waals surface area contributed by atoms with Gasteiger partial charge in [-0.15, -0.1) is 0 Å². The van der Waals surface area contributed by atoms with Crippen LogP contribution in [0.2, 0.25) is 5.02 Å². The lowest BCUT2D eigenvalue weighted by Gasteiger charge is -2.23. The van der Waals surface area contributed by atoms with Gasteiger partial charge in [0.15, 0.2) is 5.75 Å². The highest BCUT2D eigenvalue weighted by atomic mass is 35.5. The molecule has 0 spiro atoms. The summed E-state index contributed by atoms with van der Waals surface area (Å²) in [6.45, 7) is -0.468. The molecule has 0 heterocycles. The molecule has 0 N–H and O–H groups in total. The Bertz CT molecular complexity index is 978. The monoisotopic (exact) mass is 452 g/mol. The molecule has 0 saturated heterocycles. The Morgan fingerprint density at radius 3 is 2.13 bits per heavy atom. The van der Waals surface area contributed by atoms with Crippen molar-refractivity contribution in [3.63, 3.8) is 0 Å². The Kier molecular flexibility index (Phi) is 8.03. The fourth-order valence-corrected chi connectivity index (χ4v) is 3.01. The lowest BCUT2D eigenvalue weighted by Crippen LogP contribution is -2.36. The number of halogens is 1. The summed E-state index contributed by atoms with van der Waals surface area (Å²) in [5.74, 6) is -1.76. The first-order chi connectivity index (χ1) is 14.8. The molecule has 2 rings (SSSR count). The molecule has 0 fully saturated rings. The van der Waals surface area contributed by atoms with Crippen molar-refractivity contribution in [1.82, 2.24) is 4.90 Å². The molecule has 0 bridgehead atoms. The third kappa shape index (κ3) is 5.34. The molecule has 2 aromatic carbocycles. The average molecular weight is 453 g/mol. The third-order valence-electron chi connectivity index (χ3n) is 4.34. The Labute approximate surface area is 183 Å². The van der Waals surface area contributed by atoms with E-state index in [1.54, 1.807) is 24.3 Å². The largest absolute Gasteiger partial charge is 0.493 e. The standard InChI is InChI=1S/C20H21ClN2O8/c1-28-15-9-14(17(23(26)27)19(31-4)18(15)30-3)20(25)22(11-16(24)29-2)10-12-5-7-13(21)8-6-12/h5-9H,10-11H2,1-4H3. The summed E-state index contributed by atoms with van der Waals surface area (Å²) in [6, 6.07) is 7.76. The van der Waals surface area contributed by atoms with Crippen LogP contribution >= 0.6 is 11.6 Å². The molecule has 166 valence electrons. The number of hydrogen-bond acceptors (Lipinski definition) is 8. The SMILES string of the molecule is COC(=O)CN(Cc1ccc(Cl)cc1)C(=O)c1cc(OC)c(OC)c(OC)c1[N+](=O)[O-]. The van der Waals surface area contributed by atoms with E-state index in [2.05, 4.69) is 4.74 Å². The second-order valence-corrected chi connectivity index (χ2v) is 6.60. The van der Waals surface area contributed by atoms with Crippen molar-refractivity contribution in [2.75, 3.05) is 35.0 Å². The maximum absolute atomic E-state index is 13.4. The van der Waals surface area contributed by atoms with Gasteiger partial charge < -0.3 is 23.8 Å². The van der Waals surface area contributed by atoms with Crippen LogP contribution in [-0.4, -0.2) is 56.7 Å². The van der Waals surface area contributed by atoms with Crippen molar-refractivity contribution < 1.29 is 33.5 Å². The Balaban J connectivity index is 2.62. The van der Waals surface area contributed by atoms with Crippen LogP contribution in [0.5, 0.6) is 17.2 Å². The van der Waals surface area contributed by atoms with E-state index >= 15 is 0 Å². The van der Waals surface area contributed by atoms with E-state index in [0.717, 1.165) is 4.90 Å². The summed E-state index contributed by atoms with van der Waals surface area (Å²) < 4.78 is 20.2. The number of rotatable bonds is 9. The van der Waals surface area contributed by atoms with Crippen LogP contribution in [0.3, 0.4) is 0 Å². The van der Waals surface area contributed by atoms with E-state index in [1.165, 1.54) is 34.5 Å². The fraction of sp³-hybridized carbons (Fsp3) is 0.300. The van der Waals surface area contributed by atoms with Crippen molar-refractivity contribution in [3.05, 3.63) is 56.6 Å². The molecule has 0 radical (unpaired) electrons. The quantitative estimate of drug-likeness (QED) is 0.323. The predicted octanol–water partition coefficient (Wildman–Crippen LogP) is 3.09. The van der Waals surface area contributed by atoms with Crippen LogP contribution in [0.1, 0.15) is 15.9 Å². The van der Waals surface area contributed by atoms with Crippen molar-refractivity contribution in [2.45, 2.75) is 6.54 Å². The number of carbonyl (C=O) groups excluding carboxylic acids is 2. The van der Waals surface area contributed by atoms with E-state index in [1.807, 2.05) is 0 Å². The number of nitro benzene ring substituents is 1. The third-order valence-corrected chi connectivity index (χ3v) is 4.59. The first-order valence-electron chi connectivity index (χ1n) is 8.85. The minimum Gasteiger partial charge on any atom is -0.493 e. The van der Waals surface area contributed by atoms with Crippen LogP contribution in [0.4, 0.5) is 5.69 Å². The summed E-state index contributed by atoms with van der Waals surface area (Å²) in [5.41, 5.74) is -0.301. The number of nitro groups is 1. The van der Waals surface area contributed by atoms with E-state index in [4.69, 9.17) is 25.8 Å². The summed E-state index contributed by atoms with van der Waals surface area (Å²) >= 11 is 5.90. The van der Waals surface area contributed by atoms with Gasteiger partial charge >= 0.3 is 11.7 Å². The van der Waals surface area contributed by atoms with Gasteiger partial charge in [0, 0.05) is 17.6 Å². The van der Waals surface area contributed by atoms with Gasteiger partial charge in [-0.05, 0) is 17.7 Å². The van der Waals surface area contributed by atoms with Gasteiger partial charge in [0.25, 0.3) is 5.91 Å². The zero-order chi connectivity index (χ0) is 23.1.